The summed E-state index contributed by atoms with van der Waals surface area (Å²) in [5, 5.41) is 4.13. The molecule has 0 saturated carbocycles. The normalized spacial score (nSPS) is 21.1. The summed E-state index contributed by atoms with van der Waals surface area (Å²) in [6, 6.07) is 6.06. The van der Waals surface area contributed by atoms with Crippen molar-refractivity contribution in [2.45, 2.75) is 12.8 Å². The van der Waals surface area contributed by atoms with Crippen LogP contribution >= 0.6 is 11.6 Å². The second kappa shape index (κ2) is 2.42. The molecule has 1 atom stereocenters. The van der Waals surface area contributed by atoms with E-state index in [1.807, 2.05) is 12.1 Å². The van der Waals surface area contributed by atoms with Crippen LogP contribution in [0.1, 0.15) is 18.4 Å². The Kier molecular flexibility index (Phi) is 1.53. The van der Waals surface area contributed by atoms with Crippen molar-refractivity contribution in [3.8, 4) is 0 Å². The lowest BCUT2D eigenvalue weighted by Crippen LogP contribution is -1.96. The van der Waals surface area contributed by atoms with E-state index in [2.05, 4.69) is 18.3 Å². The zero-order chi connectivity index (χ0) is 7.84. The van der Waals surface area contributed by atoms with Gasteiger partial charge in [-0.1, -0.05) is 30.7 Å². The highest BCUT2D eigenvalue weighted by Gasteiger charge is 2.18. The number of hydrogen-bond acceptors (Lipinski definition) is 1. The summed E-state index contributed by atoms with van der Waals surface area (Å²) < 4.78 is 0. The minimum Gasteiger partial charge on any atom is -0.383 e. The van der Waals surface area contributed by atoms with Crippen molar-refractivity contribution in [3.05, 3.63) is 28.8 Å². The summed E-state index contributed by atoms with van der Waals surface area (Å²) in [4.78, 5) is 0. The zero-order valence-corrected chi connectivity index (χ0v) is 7.15. The van der Waals surface area contributed by atoms with E-state index in [0.29, 0.717) is 5.92 Å². The standard InChI is InChI=1S/C9H10ClN/c1-6-5-11-9-7(6)3-2-4-8(9)10/h2-4,6,11H,5H2,1H3/t6-/m0/s1. The summed E-state index contributed by atoms with van der Waals surface area (Å²) in [6.45, 7) is 3.22. The third-order valence-corrected chi connectivity index (χ3v) is 2.48. The zero-order valence-electron chi connectivity index (χ0n) is 6.39. The molecule has 2 heteroatoms. The number of para-hydroxylation sites is 1. The molecule has 1 aliphatic heterocycles. The van der Waals surface area contributed by atoms with Gasteiger partial charge in [-0.15, -0.1) is 0 Å². The van der Waals surface area contributed by atoms with Crippen LogP contribution in [-0.2, 0) is 0 Å². The SMILES string of the molecule is C[C@H]1CNc2c(Cl)cccc21. The van der Waals surface area contributed by atoms with E-state index < -0.39 is 0 Å². The van der Waals surface area contributed by atoms with Crippen LogP contribution in [0.15, 0.2) is 18.2 Å². The number of fused-ring (bicyclic) bond motifs is 1. The van der Waals surface area contributed by atoms with Crippen molar-refractivity contribution in [1.29, 1.82) is 0 Å². The van der Waals surface area contributed by atoms with Crippen LogP contribution in [0.5, 0.6) is 0 Å². The van der Waals surface area contributed by atoms with E-state index in [0.717, 1.165) is 17.3 Å². The topological polar surface area (TPSA) is 12.0 Å². The first-order valence-corrected chi connectivity index (χ1v) is 4.19. The van der Waals surface area contributed by atoms with Crippen molar-refractivity contribution in [2.24, 2.45) is 0 Å². The molecule has 0 aromatic heterocycles. The molecule has 1 aliphatic rings. The Balaban J connectivity index is 2.57. The third kappa shape index (κ3) is 1.000. The first-order valence-electron chi connectivity index (χ1n) is 3.81. The minimum absolute atomic E-state index is 0.601. The predicted molar refractivity (Wildman–Crippen MR) is 48.4 cm³/mol. The van der Waals surface area contributed by atoms with Gasteiger partial charge in [0.05, 0.1) is 10.7 Å². The van der Waals surface area contributed by atoms with E-state index in [9.17, 15) is 0 Å². The van der Waals surface area contributed by atoms with Crippen LogP contribution in [0, 0.1) is 0 Å². The molecule has 0 bridgehead atoms. The van der Waals surface area contributed by atoms with Crippen molar-refractivity contribution < 1.29 is 0 Å². The highest BCUT2D eigenvalue weighted by atomic mass is 35.5. The van der Waals surface area contributed by atoms with Gasteiger partial charge in [0.2, 0.25) is 0 Å². The van der Waals surface area contributed by atoms with Gasteiger partial charge in [-0.2, -0.15) is 0 Å². The van der Waals surface area contributed by atoms with E-state index >= 15 is 0 Å². The van der Waals surface area contributed by atoms with Crippen LogP contribution in [-0.4, -0.2) is 6.54 Å². The number of benzene rings is 1. The average molecular weight is 168 g/mol. The van der Waals surface area contributed by atoms with Crippen LogP contribution in [0.2, 0.25) is 5.02 Å². The Labute approximate surface area is 71.4 Å². The number of anilines is 1. The van der Waals surface area contributed by atoms with Gasteiger partial charge in [0.25, 0.3) is 0 Å². The summed E-state index contributed by atoms with van der Waals surface area (Å²) in [5.74, 6) is 0.601. The molecule has 0 radical (unpaired) electrons. The van der Waals surface area contributed by atoms with E-state index in [1.165, 1.54) is 5.56 Å². The molecule has 1 nitrogen and oxygen atoms in total. The summed E-state index contributed by atoms with van der Waals surface area (Å²) in [6.07, 6.45) is 0. The molecule has 1 N–H and O–H groups in total. The van der Waals surface area contributed by atoms with E-state index in [1.54, 1.807) is 0 Å². The molecule has 0 aliphatic carbocycles. The van der Waals surface area contributed by atoms with E-state index in [4.69, 9.17) is 11.6 Å². The maximum Gasteiger partial charge on any atom is 0.0640 e. The van der Waals surface area contributed by atoms with Crippen LogP contribution in [0.25, 0.3) is 0 Å². The Bertz CT molecular complexity index is 283. The lowest BCUT2D eigenvalue weighted by Gasteiger charge is -2.01. The van der Waals surface area contributed by atoms with Crippen LogP contribution < -0.4 is 5.32 Å². The molecule has 0 amide bonds. The van der Waals surface area contributed by atoms with Crippen molar-refractivity contribution in [3.63, 3.8) is 0 Å². The Hall–Kier alpha value is -0.690. The minimum atomic E-state index is 0.601. The van der Waals surface area contributed by atoms with Crippen molar-refractivity contribution in [2.75, 3.05) is 11.9 Å². The molecule has 0 unspecified atom stereocenters. The smallest absolute Gasteiger partial charge is 0.0640 e. The number of rotatable bonds is 0. The number of nitrogens with one attached hydrogen (secondary N) is 1. The van der Waals surface area contributed by atoms with E-state index in [-0.39, 0.29) is 0 Å². The van der Waals surface area contributed by atoms with Gasteiger partial charge in [-0.05, 0) is 11.6 Å². The maximum absolute atomic E-state index is 5.97. The first kappa shape index (κ1) is 6.99. The molecule has 1 heterocycles. The summed E-state index contributed by atoms with van der Waals surface area (Å²) >= 11 is 5.97. The Morgan fingerprint density at radius 2 is 2.36 bits per heavy atom. The quantitative estimate of drug-likeness (QED) is 0.627. The molecule has 0 spiro atoms. The molecule has 0 fully saturated rings. The Morgan fingerprint density at radius 1 is 1.55 bits per heavy atom. The fraction of sp³-hybridized carbons (Fsp3) is 0.333. The second-order valence-corrected chi connectivity index (χ2v) is 3.39. The van der Waals surface area contributed by atoms with Gasteiger partial charge < -0.3 is 5.32 Å². The molecule has 58 valence electrons. The predicted octanol–water partition coefficient (Wildman–Crippen LogP) is 2.87. The average Bonchev–Trinajstić information content (AvgIpc) is 2.35. The molecule has 11 heavy (non-hydrogen) atoms. The Morgan fingerprint density at radius 3 is 3.09 bits per heavy atom. The molecule has 1 aromatic rings. The molecular weight excluding hydrogens is 158 g/mol. The maximum atomic E-state index is 5.97. The largest absolute Gasteiger partial charge is 0.383 e. The highest BCUT2D eigenvalue weighted by molar-refractivity contribution is 6.33. The number of halogens is 1. The van der Waals surface area contributed by atoms with Crippen LogP contribution in [0.4, 0.5) is 5.69 Å². The van der Waals surface area contributed by atoms with Gasteiger partial charge in [0.1, 0.15) is 0 Å². The fourth-order valence-corrected chi connectivity index (χ4v) is 1.75. The van der Waals surface area contributed by atoms with Crippen molar-refractivity contribution in [1.82, 2.24) is 0 Å². The monoisotopic (exact) mass is 167 g/mol. The van der Waals surface area contributed by atoms with Gasteiger partial charge in [-0.3, -0.25) is 0 Å². The van der Waals surface area contributed by atoms with Crippen molar-refractivity contribution >= 4 is 17.3 Å². The number of hydrogen-bond donors (Lipinski definition) is 1. The van der Waals surface area contributed by atoms with Gasteiger partial charge >= 0.3 is 0 Å². The molecule has 2 rings (SSSR count). The highest BCUT2D eigenvalue weighted by Crippen LogP contribution is 2.35. The fourth-order valence-electron chi connectivity index (χ4n) is 1.50. The summed E-state index contributed by atoms with van der Waals surface area (Å²) in [5.41, 5.74) is 2.47. The van der Waals surface area contributed by atoms with Gasteiger partial charge in [0, 0.05) is 12.5 Å². The lowest BCUT2D eigenvalue weighted by atomic mass is 10.0. The van der Waals surface area contributed by atoms with Crippen LogP contribution in [0.3, 0.4) is 0 Å². The molecular formula is C9H10ClN. The molecule has 1 aromatic carbocycles. The second-order valence-electron chi connectivity index (χ2n) is 2.99. The molecule has 0 saturated heterocycles. The first-order chi connectivity index (χ1) is 5.29. The van der Waals surface area contributed by atoms with Gasteiger partial charge in [0.15, 0.2) is 0 Å². The lowest BCUT2D eigenvalue weighted by molar-refractivity contribution is 0.854. The summed E-state index contributed by atoms with van der Waals surface area (Å²) in [7, 11) is 0. The van der Waals surface area contributed by atoms with Gasteiger partial charge in [-0.25, -0.2) is 0 Å². The third-order valence-electron chi connectivity index (χ3n) is 2.16.